The molecule has 1 aromatic rings. The molecule has 18 heavy (non-hydrogen) atoms. The van der Waals surface area contributed by atoms with E-state index in [1.54, 1.807) is 0 Å². The van der Waals surface area contributed by atoms with E-state index in [4.69, 9.17) is 46.4 Å². The molecule has 0 bridgehead atoms. The van der Waals surface area contributed by atoms with Crippen LogP contribution in [0.4, 0.5) is 0 Å². The van der Waals surface area contributed by atoms with Crippen molar-refractivity contribution in [3.05, 3.63) is 35.4 Å². The summed E-state index contributed by atoms with van der Waals surface area (Å²) in [5.74, 6) is -1.42. The lowest BCUT2D eigenvalue weighted by Gasteiger charge is -2.06. The number of carbonyl (C=O) groups excluding carboxylic acids is 2. The molecule has 4 nitrogen and oxygen atoms in total. The number of esters is 2. The monoisotopic (exact) mass is 330 g/mol. The number of hydrogen-bond acceptors (Lipinski definition) is 4. The molecule has 0 atom stereocenters. The van der Waals surface area contributed by atoms with Crippen LogP contribution < -0.4 is 0 Å². The maximum atomic E-state index is 11.4. The van der Waals surface area contributed by atoms with Gasteiger partial charge in [-0.05, 0) is 24.3 Å². The fourth-order valence-corrected chi connectivity index (χ4v) is 1.36. The molecule has 0 radical (unpaired) electrons. The van der Waals surface area contributed by atoms with Crippen LogP contribution in [0.15, 0.2) is 24.3 Å². The molecule has 0 aliphatic carbocycles. The van der Waals surface area contributed by atoms with Crippen molar-refractivity contribution in [2.75, 3.05) is 0 Å². The van der Waals surface area contributed by atoms with Gasteiger partial charge in [-0.1, -0.05) is 46.4 Å². The van der Waals surface area contributed by atoms with Crippen molar-refractivity contribution in [2.24, 2.45) is 0 Å². The van der Waals surface area contributed by atoms with Gasteiger partial charge in [0.1, 0.15) is 0 Å². The molecule has 0 aliphatic heterocycles. The molecule has 0 saturated heterocycles. The van der Waals surface area contributed by atoms with E-state index in [1.165, 1.54) is 24.3 Å². The van der Waals surface area contributed by atoms with Crippen molar-refractivity contribution in [3.8, 4) is 0 Å². The summed E-state index contributed by atoms with van der Waals surface area (Å²) < 4.78 is 9.07. The fourth-order valence-electron chi connectivity index (χ4n) is 1.04. The molecule has 8 heteroatoms. The highest BCUT2D eigenvalue weighted by Gasteiger charge is 2.14. The number of rotatable bonds is 4. The minimum absolute atomic E-state index is 0.186. The van der Waals surface area contributed by atoms with Crippen molar-refractivity contribution >= 4 is 58.3 Å². The zero-order valence-electron chi connectivity index (χ0n) is 8.61. The van der Waals surface area contributed by atoms with Crippen LogP contribution in [0.5, 0.6) is 0 Å². The number of alkyl halides is 4. The van der Waals surface area contributed by atoms with Crippen LogP contribution >= 0.6 is 46.4 Å². The SMILES string of the molecule is O=C(OC(Cl)Cl)c1ccc(C(=O)OC(Cl)Cl)cc1. The minimum atomic E-state index is -1.25. The Morgan fingerprint density at radius 2 is 1.06 bits per heavy atom. The second kappa shape index (κ2) is 7.04. The number of halogens is 4. The van der Waals surface area contributed by atoms with E-state index in [1.807, 2.05) is 0 Å². The highest BCUT2D eigenvalue weighted by Crippen LogP contribution is 2.13. The molecule has 0 aromatic heterocycles. The Morgan fingerprint density at radius 3 is 1.28 bits per heavy atom. The van der Waals surface area contributed by atoms with Crippen LogP contribution in [-0.4, -0.2) is 22.0 Å². The van der Waals surface area contributed by atoms with Crippen LogP contribution in [0.3, 0.4) is 0 Å². The van der Waals surface area contributed by atoms with Gasteiger partial charge >= 0.3 is 11.9 Å². The van der Waals surface area contributed by atoms with Gasteiger partial charge in [0.15, 0.2) is 0 Å². The Labute approximate surface area is 123 Å². The first kappa shape index (κ1) is 15.4. The van der Waals surface area contributed by atoms with E-state index < -0.39 is 22.0 Å². The van der Waals surface area contributed by atoms with Gasteiger partial charge in [-0.25, -0.2) is 9.59 Å². The van der Waals surface area contributed by atoms with Gasteiger partial charge in [0.05, 0.1) is 11.1 Å². The summed E-state index contributed by atoms with van der Waals surface area (Å²) in [6.07, 6.45) is 0. The van der Waals surface area contributed by atoms with Crippen LogP contribution in [0, 0.1) is 0 Å². The molecule has 0 amide bonds. The highest BCUT2D eigenvalue weighted by atomic mass is 35.5. The zero-order valence-corrected chi connectivity index (χ0v) is 11.6. The van der Waals surface area contributed by atoms with Gasteiger partial charge in [-0.3, -0.25) is 0 Å². The lowest BCUT2D eigenvalue weighted by molar-refractivity contribution is 0.0521. The first-order chi connectivity index (χ1) is 8.40. The van der Waals surface area contributed by atoms with Crippen molar-refractivity contribution in [1.82, 2.24) is 0 Å². The maximum absolute atomic E-state index is 11.4. The number of hydrogen-bond donors (Lipinski definition) is 0. The van der Waals surface area contributed by atoms with Gasteiger partial charge in [-0.15, -0.1) is 0 Å². The van der Waals surface area contributed by atoms with Crippen LogP contribution in [0.2, 0.25) is 0 Å². The number of ether oxygens (including phenoxy) is 2. The third kappa shape index (κ3) is 4.90. The van der Waals surface area contributed by atoms with E-state index in [0.717, 1.165) is 0 Å². The van der Waals surface area contributed by atoms with E-state index in [0.29, 0.717) is 0 Å². The van der Waals surface area contributed by atoms with E-state index in [-0.39, 0.29) is 11.1 Å². The largest absolute Gasteiger partial charge is 0.428 e. The molecule has 0 N–H and O–H groups in total. The molecule has 0 fully saturated rings. The summed E-state index contributed by atoms with van der Waals surface area (Å²) in [6, 6.07) is 5.41. The summed E-state index contributed by atoms with van der Waals surface area (Å²) in [7, 11) is 0. The molecule has 0 unspecified atom stereocenters. The smallest absolute Gasteiger partial charge is 0.340 e. The van der Waals surface area contributed by atoms with Crippen molar-refractivity contribution < 1.29 is 19.1 Å². The lowest BCUT2D eigenvalue weighted by atomic mass is 10.1. The Kier molecular flexibility index (Phi) is 6.02. The molecular formula is C10H6Cl4O4. The summed E-state index contributed by atoms with van der Waals surface area (Å²) in [5.41, 5.74) is 0.372. The lowest BCUT2D eigenvalue weighted by Crippen LogP contribution is -2.10. The number of benzene rings is 1. The predicted octanol–water partition coefficient (Wildman–Crippen LogP) is 3.52. The van der Waals surface area contributed by atoms with Crippen molar-refractivity contribution in [2.45, 2.75) is 10.0 Å². The minimum Gasteiger partial charge on any atom is -0.428 e. The quantitative estimate of drug-likeness (QED) is 0.625. The van der Waals surface area contributed by atoms with Gasteiger partial charge in [0, 0.05) is 0 Å². The molecule has 0 spiro atoms. The normalized spacial score (nSPS) is 10.6. The maximum Gasteiger partial charge on any atom is 0.340 e. The first-order valence-electron chi connectivity index (χ1n) is 4.48. The topological polar surface area (TPSA) is 52.6 Å². The summed E-state index contributed by atoms with van der Waals surface area (Å²) in [6.45, 7) is 0. The van der Waals surface area contributed by atoms with Gasteiger partial charge in [0.2, 0.25) is 0 Å². The number of carbonyl (C=O) groups is 2. The zero-order chi connectivity index (χ0) is 13.7. The summed E-state index contributed by atoms with van der Waals surface area (Å²) >= 11 is 21.1. The third-order valence-corrected chi connectivity index (χ3v) is 2.10. The highest BCUT2D eigenvalue weighted by molar-refractivity contribution is 6.44. The first-order valence-corrected chi connectivity index (χ1v) is 6.23. The third-order valence-electron chi connectivity index (χ3n) is 1.75. The Bertz CT molecular complexity index is 389. The molecule has 0 heterocycles. The van der Waals surface area contributed by atoms with Crippen LogP contribution in [0.25, 0.3) is 0 Å². The molecular weight excluding hydrogens is 326 g/mol. The summed E-state index contributed by atoms with van der Waals surface area (Å²) in [4.78, 5) is 22.7. The average Bonchev–Trinajstić information content (AvgIpc) is 2.27. The predicted molar refractivity (Wildman–Crippen MR) is 68.3 cm³/mol. The van der Waals surface area contributed by atoms with Crippen molar-refractivity contribution in [3.63, 3.8) is 0 Å². The van der Waals surface area contributed by atoms with Crippen LogP contribution in [-0.2, 0) is 9.47 Å². The second-order valence-electron chi connectivity index (χ2n) is 2.91. The summed E-state index contributed by atoms with van der Waals surface area (Å²) in [5, 5.41) is -2.51. The Hall–Kier alpha value is -0.680. The van der Waals surface area contributed by atoms with Gasteiger partial charge in [0.25, 0.3) is 10.0 Å². The standard InChI is InChI=1S/C10H6Cl4O4/c11-9(12)17-7(15)5-1-2-6(4-3-5)8(16)18-10(13)14/h1-4,9-10H. The molecule has 1 aromatic carbocycles. The Morgan fingerprint density at radius 1 is 0.778 bits per heavy atom. The molecule has 98 valence electrons. The van der Waals surface area contributed by atoms with E-state index in [9.17, 15) is 9.59 Å². The molecule has 0 saturated carbocycles. The van der Waals surface area contributed by atoms with E-state index >= 15 is 0 Å². The van der Waals surface area contributed by atoms with Gasteiger partial charge < -0.3 is 9.47 Å². The molecule has 0 aliphatic rings. The van der Waals surface area contributed by atoms with E-state index in [2.05, 4.69) is 9.47 Å². The average molecular weight is 332 g/mol. The van der Waals surface area contributed by atoms with Gasteiger partial charge in [-0.2, -0.15) is 0 Å². The second-order valence-corrected chi connectivity index (χ2v) is 4.94. The van der Waals surface area contributed by atoms with Crippen LogP contribution in [0.1, 0.15) is 20.7 Å². The molecule has 1 rings (SSSR count). The fraction of sp³-hybridized carbons (Fsp3) is 0.200. The van der Waals surface area contributed by atoms with Crippen molar-refractivity contribution in [1.29, 1.82) is 0 Å². The Balaban J connectivity index is 2.74.